The number of esters is 1. The first-order valence-electron chi connectivity index (χ1n) is 9.83. The van der Waals surface area contributed by atoms with E-state index in [1.807, 2.05) is 0 Å². The van der Waals surface area contributed by atoms with Gasteiger partial charge in [0.05, 0.1) is 23.7 Å². The number of ether oxygens (including phenoxy) is 2. The first-order chi connectivity index (χ1) is 15.2. The van der Waals surface area contributed by atoms with Crippen molar-refractivity contribution in [1.29, 1.82) is 0 Å². The first kappa shape index (κ1) is 22.6. The summed E-state index contributed by atoms with van der Waals surface area (Å²) in [4.78, 5) is 47.9. The summed E-state index contributed by atoms with van der Waals surface area (Å²) in [5.74, 6) is -5.76. The van der Waals surface area contributed by atoms with Gasteiger partial charge in [0.25, 0.3) is 5.91 Å². The lowest BCUT2D eigenvalue weighted by atomic mass is 9.89. The van der Waals surface area contributed by atoms with Crippen LogP contribution in [0.2, 0.25) is 0 Å². The van der Waals surface area contributed by atoms with Gasteiger partial charge in [-0.2, -0.15) is 0 Å². The Kier molecular flexibility index (Phi) is 6.62. The average molecular weight is 442 g/mol. The van der Waals surface area contributed by atoms with E-state index in [0.29, 0.717) is 29.7 Å². The van der Waals surface area contributed by atoms with Crippen LogP contribution in [0.4, 0.5) is 5.69 Å². The SMILES string of the molecule is NC(=O)c1c(C(CCC(=O)O)C(=O)O)ccc2c1OCCCc1cc(N)ccc1C(=O)O2. The molecule has 0 bridgehead atoms. The van der Waals surface area contributed by atoms with Crippen LogP contribution in [0.1, 0.15) is 57.0 Å². The normalized spacial score (nSPS) is 14.2. The van der Waals surface area contributed by atoms with Gasteiger partial charge in [0.2, 0.25) is 0 Å². The standard InChI is InChI=1S/C22H22N2O8/c23-12-3-4-13-11(10-12)2-1-9-31-19-16(32-22(13)30)7-5-14(18(19)20(24)27)15(21(28)29)6-8-17(25)26/h3-5,7,10,15H,1-2,6,8-9,23H2,(H2,24,27)(H,25,26)(H,28,29). The molecule has 168 valence electrons. The molecular weight excluding hydrogens is 420 g/mol. The van der Waals surface area contributed by atoms with E-state index in [4.69, 9.17) is 26.0 Å². The van der Waals surface area contributed by atoms with Crippen LogP contribution in [-0.2, 0) is 16.0 Å². The van der Waals surface area contributed by atoms with Gasteiger partial charge in [0.1, 0.15) is 0 Å². The number of nitrogens with two attached hydrogens (primary N) is 2. The van der Waals surface area contributed by atoms with E-state index in [-0.39, 0.29) is 35.7 Å². The Labute approximate surface area is 182 Å². The van der Waals surface area contributed by atoms with Crippen LogP contribution in [0.5, 0.6) is 11.5 Å². The maximum atomic E-state index is 12.8. The predicted molar refractivity (Wildman–Crippen MR) is 112 cm³/mol. The molecule has 1 amide bonds. The zero-order valence-corrected chi connectivity index (χ0v) is 17.0. The minimum absolute atomic E-state index is 0.00807. The number of carboxylic acid groups (broad SMARTS) is 2. The number of aliphatic carboxylic acids is 2. The highest BCUT2D eigenvalue weighted by molar-refractivity contribution is 6.01. The fourth-order valence-corrected chi connectivity index (χ4v) is 3.64. The van der Waals surface area contributed by atoms with Crippen molar-refractivity contribution in [2.24, 2.45) is 5.73 Å². The minimum Gasteiger partial charge on any atom is -0.489 e. The number of carboxylic acids is 2. The third-order valence-electron chi connectivity index (χ3n) is 5.11. The van der Waals surface area contributed by atoms with E-state index in [0.717, 1.165) is 0 Å². The number of hydrogen-bond acceptors (Lipinski definition) is 7. The second kappa shape index (κ2) is 9.38. The van der Waals surface area contributed by atoms with Crippen LogP contribution in [0, 0.1) is 0 Å². The molecule has 1 unspecified atom stereocenters. The molecule has 6 N–H and O–H groups in total. The number of aryl methyl sites for hydroxylation is 1. The fraction of sp³-hybridized carbons (Fsp3) is 0.273. The monoisotopic (exact) mass is 442 g/mol. The summed E-state index contributed by atoms with van der Waals surface area (Å²) in [6.45, 7) is 0.120. The minimum atomic E-state index is -1.32. The molecule has 10 nitrogen and oxygen atoms in total. The lowest BCUT2D eigenvalue weighted by molar-refractivity contribution is -0.140. The predicted octanol–water partition coefficient (Wildman–Crippen LogP) is 1.94. The molecule has 0 aliphatic carbocycles. The molecule has 3 rings (SSSR count). The highest BCUT2D eigenvalue weighted by Gasteiger charge is 2.31. The molecule has 0 aromatic heterocycles. The zero-order chi connectivity index (χ0) is 23.4. The second-order valence-corrected chi connectivity index (χ2v) is 7.30. The molecule has 2 aromatic rings. The number of nitrogen functional groups attached to an aromatic ring is 1. The fourth-order valence-electron chi connectivity index (χ4n) is 3.64. The molecule has 1 atom stereocenters. The van der Waals surface area contributed by atoms with Crippen molar-refractivity contribution in [3.8, 4) is 11.5 Å². The van der Waals surface area contributed by atoms with E-state index in [2.05, 4.69) is 0 Å². The van der Waals surface area contributed by atoms with Crippen LogP contribution in [0.25, 0.3) is 0 Å². The summed E-state index contributed by atoms with van der Waals surface area (Å²) >= 11 is 0. The molecule has 32 heavy (non-hydrogen) atoms. The van der Waals surface area contributed by atoms with Crippen molar-refractivity contribution >= 4 is 29.5 Å². The van der Waals surface area contributed by atoms with Crippen molar-refractivity contribution in [1.82, 2.24) is 0 Å². The van der Waals surface area contributed by atoms with E-state index in [9.17, 15) is 24.3 Å². The molecule has 0 saturated carbocycles. The van der Waals surface area contributed by atoms with Crippen molar-refractivity contribution < 1.29 is 38.9 Å². The number of amides is 1. The van der Waals surface area contributed by atoms with E-state index < -0.39 is 36.2 Å². The van der Waals surface area contributed by atoms with Gasteiger partial charge in [-0.15, -0.1) is 0 Å². The van der Waals surface area contributed by atoms with E-state index in [1.54, 1.807) is 18.2 Å². The number of primary amides is 1. The molecule has 1 aliphatic rings. The first-order valence-corrected chi connectivity index (χ1v) is 9.83. The van der Waals surface area contributed by atoms with Gasteiger partial charge < -0.3 is 31.2 Å². The van der Waals surface area contributed by atoms with Crippen LogP contribution < -0.4 is 20.9 Å². The van der Waals surface area contributed by atoms with Gasteiger partial charge in [-0.1, -0.05) is 6.07 Å². The van der Waals surface area contributed by atoms with E-state index >= 15 is 0 Å². The maximum Gasteiger partial charge on any atom is 0.343 e. The third-order valence-corrected chi connectivity index (χ3v) is 5.11. The number of hydrogen-bond donors (Lipinski definition) is 4. The number of carbonyl (C=O) groups is 4. The highest BCUT2D eigenvalue weighted by Crippen LogP contribution is 2.39. The highest BCUT2D eigenvalue weighted by atomic mass is 16.6. The number of anilines is 1. The number of rotatable bonds is 6. The second-order valence-electron chi connectivity index (χ2n) is 7.30. The quantitative estimate of drug-likeness (QED) is 0.295. The van der Waals surface area contributed by atoms with Crippen LogP contribution in [0.3, 0.4) is 0 Å². The Morgan fingerprint density at radius 2 is 1.88 bits per heavy atom. The lowest BCUT2D eigenvalue weighted by Crippen LogP contribution is -2.23. The summed E-state index contributed by atoms with van der Waals surface area (Å²) in [6.07, 6.45) is 0.222. The number of carbonyl (C=O) groups excluding carboxylic acids is 2. The van der Waals surface area contributed by atoms with Crippen molar-refractivity contribution in [2.75, 3.05) is 12.3 Å². The smallest absolute Gasteiger partial charge is 0.343 e. The Balaban J connectivity index is 2.10. The van der Waals surface area contributed by atoms with Gasteiger partial charge in [-0.05, 0) is 54.7 Å². The molecule has 1 heterocycles. The Morgan fingerprint density at radius 1 is 1.12 bits per heavy atom. The summed E-state index contributed by atoms with van der Waals surface area (Å²) in [7, 11) is 0. The van der Waals surface area contributed by atoms with Gasteiger partial charge in [-0.3, -0.25) is 14.4 Å². The van der Waals surface area contributed by atoms with Gasteiger partial charge in [-0.25, -0.2) is 4.79 Å². The van der Waals surface area contributed by atoms with Crippen LogP contribution in [-0.4, -0.2) is 40.6 Å². The van der Waals surface area contributed by atoms with E-state index in [1.165, 1.54) is 12.1 Å². The molecule has 2 aromatic carbocycles. The average Bonchev–Trinajstić information content (AvgIpc) is 2.71. The lowest BCUT2D eigenvalue weighted by Gasteiger charge is -2.22. The molecule has 10 heteroatoms. The molecule has 0 spiro atoms. The van der Waals surface area contributed by atoms with Crippen molar-refractivity contribution in [3.05, 3.63) is 52.6 Å². The molecule has 0 saturated heterocycles. The Morgan fingerprint density at radius 3 is 2.53 bits per heavy atom. The topological polar surface area (TPSA) is 179 Å². The van der Waals surface area contributed by atoms with Gasteiger partial charge in [0, 0.05) is 12.1 Å². The van der Waals surface area contributed by atoms with Gasteiger partial charge >= 0.3 is 17.9 Å². The molecular formula is C22H22N2O8. The third kappa shape index (κ3) is 4.80. The van der Waals surface area contributed by atoms with Crippen LogP contribution in [0.15, 0.2) is 30.3 Å². The Hall–Kier alpha value is -4.08. The molecule has 0 fully saturated rings. The van der Waals surface area contributed by atoms with Crippen molar-refractivity contribution in [2.45, 2.75) is 31.6 Å². The largest absolute Gasteiger partial charge is 0.489 e. The number of benzene rings is 2. The maximum absolute atomic E-state index is 12.8. The van der Waals surface area contributed by atoms with Crippen LogP contribution >= 0.6 is 0 Å². The summed E-state index contributed by atoms with van der Waals surface area (Å²) in [6, 6.07) is 7.39. The molecule has 1 aliphatic heterocycles. The van der Waals surface area contributed by atoms with Gasteiger partial charge in [0.15, 0.2) is 11.5 Å². The summed E-state index contributed by atoms with van der Waals surface area (Å²) < 4.78 is 11.2. The molecule has 0 radical (unpaired) electrons. The summed E-state index contributed by atoms with van der Waals surface area (Å²) in [5.41, 5.74) is 12.6. The number of fused-ring (bicyclic) bond motifs is 2. The summed E-state index contributed by atoms with van der Waals surface area (Å²) in [5, 5.41) is 18.6. The van der Waals surface area contributed by atoms with Crippen molar-refractivity contribution in [3.63, 3.8) is 0 Å². The zero-order valence-electron chi connectivity index (χ0n) is 17.0. The Bertz CT molecular complexity index is 1100.